The number of ether oxygens (including phenoxy) is 1. The third-order valence-corrected chi connectivity index (χ3v) is 3.18. The van der Waals surface area contributed by atoms with Gasteiger partial charge in [-0.15, -0.1) is 0 Å². The topological polar surface area (TPSA) is 38.5 Å². The van der Waals surface area contributed by atoms with Crippen molar-refractivity contribution < 1.29 is 4.74 Å². The van der Waals surface area contributed by atoms with Gasteiger partial charge in [0.15, 0.2) is 0 Å². The van der Waals surface area contributed by atoms with E-state index in [0.29, 0.717) is 12.6 Å². The number of nitrogens with two attached hydrogens (primary N) is 1. The molecule has 0 saturated carbocycles. The minimum Gasteiger partial charge on any atom is -0.493 e. The van der Waals surface area contributed by atoms with Crippen LogP contribution in [0.25, 0.3) is 0 Å². The summed E-state index contributed by atoms with van der Waals surface area (Å²) in [6.07, 6.45) is 1.05. The molecule has 0 unspecified atom stereocenters. The maximum absolute atomic E-state index is 5.80. The summed E-state index contributed by atoms with van der Waals surface area (Å²) in [5.74, 6) is 0.924. The molecular weight excluding hydrogens is 224 g/mol. The highest BCUT2D eigenvalue weighted by atomic mass is 16.5. The third-order valence-electron chi connectivity index (χ3n) is 3.18. The van der Waals surface area contributed by atoms with Crippen molar-refractivity contribution in [2.45, 2.75) is 39.8 Å². The first-order valence-electron chi connectivity index (χ1n) is 6.83. The Morgan fingerprint density at radius 3 is 2.61 bits per heavy atom. The Balaban J connectivity index is 2.33. The van der Waals surface area contributed by atoms with E-state index in [2.05, 4.69) is 25.7 Å². The molecule has 18 heavy (non-hydrogen) atoms. The van der Waals surface area contributed by atoms with E-state index in [1.54, 1.807) is 0 Å². The molecule has 0 heterocycles. The molecule has 0 aromatic heterocycles. The molecule has 0 bridgehead atoms. The number of hydrogen-bond acceptors (Lipinski definition) is 3. The van der Waals surface area contributed by atoms with Crippen LogP contribution in [-0.4, -0.2) is 30.6 Å². The Morgan fingerprint density at radius 2 is 2.00 bits per heavy atom. The van der Waals surface area contributed by atoms with Gasteiger partial charge in [0.2, 0.25) is 0 Å². The van der Waals surface area contributed by atoms with Gasteiger partial charge in [-0.1, -0.05) is 25.1 Å². The van der Waals surface area contributed by atoms with Gasteiger partial charge in [-0.05, 0) is 32.9 Å². The molecule has 1 aromatic carbocycles. The number of rotatable bonds is 8. The van der Waals surface area contributed by atoms with E-state index in [-0.39, 0.29) is 0 Å². The standard InChI is InChI=1S/C15H26N2O/c1-4-17(13(2)3)10-7-11-18-15-9-6-5-8-14(15)12-16/h5-6,8-9,13H,4,7,10-12,16H2,1-3H3. The molecule has 0 aliphatic rings. The van der Waals surface area contributed by atoms with Crippen molar-refractivity contribution in [1.82, 2.24) is 4.90 Å². The van der Waals surface area contributed by atoms with Gasteiger partial charge >= 0.3 is 0 Å². The normalized spacial score (nSPS) is 11.2. The minimum absolute atomic E-state index is 0.531. The predicted octanol–water partition coefficient (Wildman–Crippen LogP) is 2.64. The smallest absolute Gasteiger partial charge is 0.123 e. The van der Waals surface area contributed by atoms with Gasteiger partial charge in [0, 0.05) is 24.7 Å². The average molecular weight is 250 g/mol. The van der Waals surface area contributed by atoms with E-state index >= 15 is 0 Å². The van der Waals surface area contributed by atoms with Gasteiger partial charge in [-0.25, -0.2) is 0 Å². The second-order valence-electron chi connectivity index (χ2n) is 4.74. The van der Waals surface area contributed by atoms with Crippen molar-refractivity contribution in [2.75, 3.05) is 19.7 Å². The van der Waals surface area contributed by atoms with Crippen LogP contribution in [0.5, 0.6) is 5.75 Å². The molecule has 0 fully saturated rings. The molecule has 0 saturated heterocycles. The van der Waals surface area contributed by atoms with Crippen molar-refractivity contribution in [3.05, 3.63) is 29.8 Å². The minimum atomic E-state index is 0.531. The van der Waals surface area contributed by atoms with Crippen LogP contribution in [0.3, 0.4) is 0 Å². The lowest BCUT2D eigenvalue weighted by Crippen LogP contribution is -2.32. The van der Waals surface area contributed by atoms with Gasteiger partial charge in [-0.2, -0.15) is 0 Å². The molecule has 3 heteroatoms. The number of benzene rings is 1. The van der Waals surface area contributed by atoms with Gasteiger partial charge < -0.3 is 15.4 Å². The maximum atomic E-state index is 5.80. The lowest BCUT2D eigenvalue weighted by Gasteiger charge is -2.24. The molecule has 0 aliphatic carbocycles. The Kier molecular flexibility index (Phi) is 6.76. The van der Waals surface area contributed by atoms with E-state index < -0.39 is 0 Å². The second-order valence-corrected chi connectivity index (χ2v) is 4.74. The van der Waals surface area contributed by atoms with Crippen LogP contribution >= 0.6 is 0 Å². The van der Waals surface area contributed by atoms with Crippen molar-refractivity contribution in [3.8, 4) is 5.75 Å². The maximum Gasteiger partial charge on any atom is 0.123 e. The quantitative estimate of drug-likeness (QED) is 0.721. The Labute approximate surface area is 111 Å². The molecule has 0 spiro atoms. The van der Waals surface area contributed by atoms with E-state index in [1.165, 1.54) is 0 Å². The first-order valence-corrected chi connectivity index (χ1v) is 6.83. The number of para-hydroxylation sites is 1. The Hall–Kier alpha value is -1.06. The highest BCUT2D eigenvalue weighted by Crippen LogP contribution is 2.17. The highest BCUT2D eigenvalue weighted by molar-refractivity contribution is 5.32. The highest BCUT2D eigenvalue weighted by Gasteiger charge is 2.06. The predicted molar refractivity (Wildman–Crippen MR) is 76.8 cm³/mol. The molecule has 1 aromatic rings. The van der Waals surface area contributed by atoms with Gasteiger partial charge in [0.25, 0.3) is 0 Å². The molecular formula is C15H26N2O. The summed E-state index contributed by atoms with van der Waals surface area (Å²) in [6, 6.07) is 8.59. The fraction of sp³-hybridized carbons (Fsp3) is 0.600. The van der Waals surface area contributed by atoms with Gasteiger partial charge in [0.1, 0.15) is 5.75 Å². The molecule has 0 amide bonds. The molecule has 0 aliphatic heterocycles. The second kappa shape index (κ2) is 8.11. The molecule has 3 nitrogen and oxygen atoms in total. The summed E-state index contributed by atoms with van der Waals surface area (Å²) < 4.78 is 5.80. The zero-order chi connectivity index (χ0) is 13.4. The van der Waals surface area contributed by atoms with Crippen LogP contribution in [0, 0.1) is 0 Å². The lowest BCUT2D eigenvalue weighted by atomic mass is 10.2. The molecule has 102 valence electrons. The first kappa shape index (κ1) is 15.0. The van der Waals surface area contributed by atoms with Crippen LogP contribution in [0.4, 0.5) is 0 Å². The SMILES string of the molecule is CCN(CCCOc1ccccc1CN)C(C)C. The largest absolute Gasteiger partial charge is 0.493 e. The number of hydrogen-bond donors (Lipinski definition) is 1. The number of nitrogens with zero attached hydrogens (tertiary/aromatic N) is 1. The third kappa shape index (κ3) is 4.67. The summed E-state index contributed by atoms with van der Waals surface area (Å²) in [4.78, 5) is 2.44. The monoisotopic (exact) mass is 250 g/mol. The average Bonchev–Trinajstić information content (AvgIpc) is 2.38. The van der Waals surface area contributed by atoms with Crippen LogP contribution in [-0.2, 0) is 6.54 Å². The first-order chi connectivity index (χ1) is 8.69. The molecule has 0 atom stereocenters. The fourth-order valence-corrected chi connectivity index (χ4v) is 2.04. The summed E-state index contributed by atoms with van der Waals surface area (Å²) >= 11 is 0. The van der Waals surface area contributed by atoms with E-state index in [9.17, 15) is 0 Å². The van der Waals surface area contributed by atoms with Crippen molar-refractivity contribution in [3.63, 3.8) is 0 Å². The summed E-state index contributed by atoms with van der Waals surface area (Å²) in [5.41, 5.74) is 6.75. The summed E-state index contributed by atoms with van der Waals surface area (Å²) in [5, 5.41) is 0. The van der Waals surface area contributed by atoms with Gasteiger partial charge in [0.05, 0.1) is 6.61 Å². The van der Waals surface area contributed by atoms with Crippen LogP contribution < -0.4 is 10.5 Å². The lowest BCUT2D eigenvalue weighted by molar-refractivity contribution is 0.206. The Morgan fingerprint density at radius 1 is 1.28 bits per heavy atom. The van der Waals surface area contributed by atoms with Crippen molar-refractivity contribution >= 4 is 0 Å². The van der Waals surface area contributed by atoms with Gasteiger partial charge in [-0.3, -0.25) is 0 Å². The van der Waals surface area contributed by atoms with Crippen LogP contribution in [0.2, 0.25) is 0 Å². The van der Waals surface area contributed by atoms with E-state index in [0.717, 1.165) is 37.4 Å². The van der Waals surface area contributed by atoms with Crippen molar-refractivity contribution in [2.24, 2.45) is 5.73 Å². The van der Waals surface area contributed by atoms with Crippen molar-refractivity contribution in [1.29, 1.82) is 0 Å². The summed E-state index contributed by atoms with van der Waals surface area (Å²) in [7, 11) is 0. The molecule has 2 N–H and O–H groups in total. The van der Waals surface area contributed by atoms with E-state index in [4.69, 9.17) is 10.5 Å². The Bertz CT molecular complexity index is 339. The van der Waals surface area contributed by atoms with Crippen LogP contribution in [0.1, 0.15) is 32.8 Å². The zero-order valence-electron chi connectivity index (χ0n) is 11.9. The van der Waals surface area contributed by atoms with E-state index in [1.807, 2.05) is 24.3 Å². The molecule has 1 rings (SSSR count). The zero-order valence-corrected chi connectivity index (χ0v) is 11.9. The fourth-order valence-electron chi connectivity index (χ4n) is 2.04. The summed E-state index contributed by atoms with van der Waals surface area (Å²) in [6.45, 7) is 10.1. The van der Waals surface area contributed by atoms with Crippen LogP contribution in [0.15, 0.2) is 24.3 Å². The molecule has 0 radical (unpaired) electrons.